The monoisotopic (exact) mass is 250 g/mol. The van der Waals surface area contributed by atoms with E-state index in [1.807, 2.05) is 25.1 Å². The van der Waals surface area contributed by atoms with E-state index in [4.69, 9.17) is 10.5 Å². The molecule has 1 aromatic rings. The Labute approximate surface area is 109 Å². The number of nitrogens with one attached hydrogen (secondary N) is 1. The molecule has 100 valence electrons. The van der Waals surface area contributed by atoms with Crippen LogP contribution in [0, 0.1) is 0 Å². The van der Waals surface area contributed by atoms with Crippen molar-refractivity contribution in [3.63, 3.8) is 0 Å². The Morgan fingerprint density at radius 3 is 2.83 bits per heavy atom. The molecule has 0 fully saturated rings. The quantitative estimate of drug-likeness (QED) is 0.657. The molecule has 1 aromatic carbocycles. The third-order valence-corrected chi connectivity index (χ3v) is 2.61. The lowest BCUT2D eigenvalue weighted by atomic mass is 10.2. The average Bonchev–Trinajstić information content (AvgIpc) is 2.35. The second-order valence-corrected chi connectivity index (χ2v) is 4.14. The number of para-hydroxylation sites is 1. The first-order valence-electron chi connectivity index (χ1n) is 6.43. The molecule has 4 heteroatoms. The fourth-order valence-corrected chi connectivity index (χ4v) is 1.72. The van der Waals surface area contributed by atoms with E-state index in [-0.39, 0.29) is 5.91 Å². The molecule has 0 bridgehead atoms. The van der Waals surface area contributed by atoms with E-state index in [2.05, 4.69) is 11.4 Å². The van der Waals surface area contributed by atoms with E-state index < -0.39 is 0 Å². The minimum Gasteiger partial charge on any atom is -0.494 e. The molecule has 3 N–H and O–H groups in total. The van der Waals surface area contributed by atoms with Crippen molar-refractivity contribution in [3.8, 4) is 5.75 Å². The van der Waals surface area contributed by atoms with Crippen molar-refractivity contribution < 1.29 is 9.53 Å². The average molecular weight is 250 g/mol. The molecule has 4 nitrogen and oxygen atoms in total. The Kier molecular flexibility index (Phi) is 6.87. The van der Waals surface area contributed by atoms with Gasteiger partial charge in [0.25, 0.3) is 0 Å². The molecule has 0 aliphatic heterocycles. The van der Waals surface area contributed by atoms with Crippen molar-refractivity contribution in [1.82, 2.24) is 5.32 Å². The van der Waals surface area contributed by atoms with Gasteiger partial charge in [-0.2, -0.15) is 0 Å². The van der Waals surface area contributed by atoms with Gasteiger partial charge >= 0.3 is 0 Å². The van der Waals surface area contributed by atoms with Gasteiger partial charge in [-0.05, 0) is 32.4 Å². The van der Waals surface area contributed by atoms with Gasteiger partial charge < -0.3 is 15.8 Å². The first-order valence-corrected chi connectivity index (χ1v) is 6.43. The number of rotatable bonds is 9. The first kappa shape index (κ1) is 14.5. The Hall–Kier alpha value is -1.55. The smallest absolute Gasteiger partial charge is 0.217 e. The normalized spacial score (nSPS) is 10.3. The number of nitrogens with two attached hydrogens (primary N) is 1. The van der Waals surface area contributed by atoms with Gasteiger partial charge in [0.05, 0.1) is 6.61 Å². The Morgan fingerprint density at radius 1 is 1.33 bits per heavy atom. The topological polar surface area (TPSA) is 64.3 Å². The Morgan fingerprint density at radius 2 is 2.11 bits per heavy atom. The number of benzene rings is 1. The van der Waals surface area contributed by atoms with Crippen molar-refractivity contribution in [2.24, 2.45) is 5.73 Å². The molecule has 0 saturated carbocycles. The molecule has 0 saturated heterocycles. The fourth-order valence-electron chi connectivity index (χ4n) is 1.72. The van der Waals surface area contributed by atoms with Gasteiger partial charge in [0, 0.05) is 18.5 Å². The van der Waals surface area contributed by atoms with Crippen molar-refractivity contribution in [2.45, 2.75) is 32.7 Å². The standard InChI is InChI=1S/C14H22N2O2/c1-2-18-13-8-4-3-7-12(13)11-16-10-6-5-9-14(15)17/h3-4,7-8,16H,2,5-6,9-11H2,1H3,(H2,15,17). The van der Waals surface area contributed by atoms with Crippen LogP contribution >= 0.6 is 0 Å². The van der Waals surface area contributed by atoms with Gasteiger partial charge in [-0.3, -0.25) is 4.79 Å². The van der Waals surface area contributed by atoms with Gasteiger partial charge in [-0.1, -0.05) is 18.2 Å². The number of amides is 1. The molecule has 0 spiro atoms. The van der Waals surface area contributed by atoms with Crippen molar-refractivity contribution in [2.75, 3.05) is 13.2 Å². The van der Waals surface area contributed by atoms with E-state index in [0.717, 1.165) is 37.2 Å². The highest BCUT2D eigenvalue weighted by Crippen LogP contribution is 2.17. The maximum atomic E-state index is 10.6. The molecule has 18 heavy (non-hydrogen) atoms. The van der Waals surface area contributed by atoms with Crippen LogP contribution in [0.25, 0.3) is 0 Å². The summed E-state index contributed by atoms with van der Waals surface area (Å²) in [6, 6.07) is 8.02. The zero-order chi connectivity index (χ0) is 13.2. The molecule has 0 aliphatic rings. The van der Waals surface area contributed by atoms with E-state index in [0.29, 0.717) is 13.0 Å². The summed E-state index contributed by atoms with van der Waals surface area (Å²) in [5.74, 6) is 0.710. The zero-order valence-corrected chi connectivity index (χ0v) is 10.9. The maximum Gasteiger partial charge on any atom is 0.217 e. The van der Waals surface area contributed by atoms with Crippen LogP contribution in [-0.4, -0.2) is 19.1 Å². The third-order valence-electron chi connectivity index (χ3n) is 2.61. The predicted molar refractivity (Wildman–Crippen MR) is 72.4 cm³/mol. The summed E-state index contributed by atoms with van der Waals surface area (Å²) in [6.45, 7) is 4.32. The van der Waals surface area contributed by atoms with Crippen LogP contribution in [0.2, 0.25) is 0 Å². The van der Waals surface area contributed by atoms with Crippen LogP contribution in [0.4, 0.5) is 0 Å². The maximum absolute atomic E-state index is 10.6. The summed E-state index contributed by atoms with van der Waals surface area (Å²) in [5, 5.41) is 3.34. The van der Waals surface area contributed by atoms with Gasteiger partial charge in [0.2, 0.25) is 5.91 Å². The van der Waals surface area contributed by atoms with Crippen LogP contribution in [0.3, 0.4) is 0 Å². The highest BCUT2D eigenvalue weighted by molar-refractivity contribution is 5.73. The molecule has 0 radical (unpaired) electrons. The zero-order valence-electron chi connectivity index (χ0n) is 10.9. The molecule has 0 heterocycles. The summed E-state index contributed by atoms with van der Waals surface area (Å²) >= 11 is 0. The molecular weight excluding hydrogens is 228 g/mol. The SMILES string of the molecule is CCOc1ccccc1CNCCCCC(N)=O. The Bertz CT molecular complexity index is 367. The van der Waals surface area contributed by atoms with E-state index in [1.54, 1.807) is 0 Å². The van der Waals surface area contributed by atoms with Crippen molar-refractivity contribution in [3.05, 3.63) is 29.8 Å². The summed E-state index contributed by atoms with van der Waals surface area (Å²) in [7, 11) is 0. The molecule has 1 rings (SSSR count). The first-order chi connectivity index (χ1) is 8.74. The molecule has 0 aliphatic carbocycles. The Balaban J connectivity index is 2.24. The number of carbonyl (C=O) groups is 1. The number of carbonyl (C=O) groups excluding carboxylic acids is 1. The number of primary amides is 1. The second kappa shape index (κ2) is 8.53. The molecule has 0 atom stereocenters. The molecule has 1 amide bonds. The number of ether oxygens (including phenoxy) is 1. The van der Waals surface area contributed by atoms with Crippen LogP contribution in [-0.2, 0) is 11.3 Å². The minimum absolute atomic E-state index is 0.225. The van der Waals surface area contributed by atoms with E-state index in [1.165, 1.54) is 0 Å². The summed E-state index contributed by atoms with van der Waals surface area (Å²) < 4.78 is 5.55. The van der Waals surface area contributed by atoms with Crippen molar-refractivity contribution >= 4 is 5.91 Å². The van der Waals surface area contributed by atoms with Crippen LogP contribution < -0.4 is 15.8 Å². The number of hydrogen-bond acceptors (Lipinski definition) is 3. The van der Waals surface area contributed by atoms with Crippen LogP contribution in [0.15, 0.2) is 24.3 Å². The van der Waals surface area contributed by atoms with Gasteiger partial charge in [-0.15, -0.1) is 0 Å². The molecule has 0 aromatic heterocycles. The fraction of sp³-hybridized carbons (Fsp3) is 0.500. The summed E-state index contributed by atoms with van der Waals surface area (Å²) in [4.78, 5) is 10.6. The summed E-state index contributed by atoms with van der Waals surface area (Å²) in [6.07, 6.45) is 2.27. The van der Waals surface area contributed by atoms with E-state index >= 15 is 0 Å². The number of hydrogen-bond donors (Lipinski definition) is 2. The molecule has 0 unspecified atom stereocenters. The van der Waals surface area contributed by atoms with Gasteiger partial charge in [0.15, 0.2) is 0 Å². The predicted octanol–water partition coefficient (Wildman–Crippen LogP) is 1.83. The molecular formula is C14H22N2O2. The lowest BCUT2D eigenvalue weighted by Crippen LogP contribution is -2.16. The third kappa shape index (κ3) is 5.68. The largest absolute Gasteiger partial charge is 0.494 e. The summed E-state index contributed by atoms with van der Waals surface area (Å²) in [5.41, 5.74) is 6.24. The van der Waals surface area contributed by atoms with Crippen molar-refractivity contribution in [1.29, 1.82) is 0 Å². The van der Waals surface area contributed by atoms with Gasteiger partial charge in [0.1, 0.15) is 5.75 Å². The minimum atomic E-state index is -0.225. The number of unbranched alkanes of at least 4 members (excludes halogenated alkanes) is 1. The van der Waals surface area contributed by atoms with Gasteiger partial charge in [-0.25, -0.2) is 0 Å². The lowest BCUT2D eigenvalue weighted by Gasteiger charge is -2.10. The van der Waals surface area contributed by atoms with Crippen LogP contribution in [0.1, 0.15) is 31.7 Å². The van der Waals surface area contributed by atoms with Crippen LogP contribution in [0.5, 0.6) is 5.75 Å². The van der Waals surface area contributed by atoms with E-state index in [9.17, 15) is 4.79 Å². The highest BCUT2D eigenvalue weighted by atomic mass is 16.5. The second-order valence-electron chi connectivity index (χ2n) is 4.14. The lowest BCUT2D eigenvalue weighted by molar-refractivity contribution is -0.118. The highest BCUT2D eigenvalue weighted by Gasteiger charge is 2.01.